The highest BCUT2D eigenvalue weighted by Gasteiger charge is 2.34. The number of benzene rings is 1. The van der Waals surface area contributed by atoms with Gasteiger partial charge in [0.1, 0.15) is 5.82 Å². The summed E-state index contributed by atoms with van der Waals surface area (Å²) in [7, 11) is 0. The number of hydrogen-bond acceptors (Lipinski definition) is 4. The van der Waals surface area contributed by atoms with E-state index in [1.165, 1.54) is 11.8 Å². The number of halogens is 1. The highest BCUT2D eigenvalue weighted by molar-refractivity contribution is 5.93. The topological polar surface area (TPSA) is 83.0 Å². The minimum Gasteiger partial charge on any atom is -0.384 e. The second-order valence-corrected chi connectivity index (χ2v) is 6.16. The molecular weight excluding hydrogens is 319 g/mol. The van der Waals surface area contributed by atoms with Gasteiger partial charge in [-0.2, -0.15) is 5.26 Å². The molecule has 2 atom stereocenters. The molecule has 130 valence electrons. The summed E-state index contributed by atoms with van der Waals surface area (Å²) in [5, 5.41) is 8.83. The van der Waals surface area contributed by atoms with E-state index >= 15 is 0 Å². The number of aromatic nitrogens is 1. The van der Waals surface area contributed by atoms with E-state index < -0.39 is 6.30 Å². The zero-order valence-electron chi connectivity index (χ0n) is 14.5. The standard InChI is InChI=1S/C13H13FN2O.C6H8N2/c1-8-5-11-6-10(7-15)3-4-12(11)16(9(2)17)13(8)14;1-5-2-3-8-6(7)4-5/h3-4,6,8,13H,5H2,1-2H3;2-4H,1H3,(H2,7,8)/t8?,13-;/m1./s1. The number of anilines is 2. The monoisotopic (exact) mass is 340 g/mol. The fraction of sp³-hybridized carbons (Fsp3) is 0.316. The molecule has 6 heteroatoms. The fourth-order valence-corrected chi connectivity index (χ4v) is 2.79. The molecule has 1 aliphatic heterocycles. The molecule has 0 fully saturated rings. The predicted octanol–water partition coefficient (Wildman–Crippen LogP) is 3.37. The molecule has 1 aliphatic rings. The molecule has 0 bridgehead atoms. The number of rotatable bonds is 0. The number of nitrogens with two attached hydrogens (primary N) is 1. The van der Waals surface area contributed by atoms with E-state index in [4.69, 9.17) is 11.0 Å². The summed E-state index contributed by atoms with van der Waals surface area (Å²) >= 11 is 0. The van der Waals surface area contributed by atoms with Crippen molar-refractivity contribution in [2.75, 3.05) is 10.6 Å². The minimum absolute atomic E-state index is 0.250. The Balaban J connectivity index is 0.000000236. The van der Waals surface area contributed by atoms with Crippen LogP contribution in [-0.2, 0) is 11.2 Å². The second kappa shape index (κ2) is 7.75. The van der Waals surface area contributed by atoms with Crippen LogP contribution in [-0.4, -0.2) is 17.2 Å². The van der Waals surface area contributed by atoms with Crippen molar-refractivity contribution in [3.8, 4) is 6.07 Å². The summed E-state index contributed by atoms with van der Waals surface area (Å²) in [6.07, 6.45) is 0.966. The van der Waals surface area contributed by atoms with Crippen LogP contribution < -0.4 is 10.6 Å². The highest BCUT2D eigenvalue weighted by Crippen LogP contribution is 2.35. The number of hydrogen-bond donors (Lipinski definition) is 1. The molecule has 1 unspecified atom stereocenters. The number of alkyl halides is 1. The molecule has 1 aromatic carbocycles. The summed E-state index contributed by atoms with van der Waals surface area (Å²) in [5.41, 5.74) is 8.48. The van der Waals surface area contributed by atoms with Gasteiger partial charge in [0.15, 0.2) is 6.30 Å². The molecule has 1 aromatic heterocycles. The number of amides is 1. The van der Waals surface area contributed by atoms with Crippen LogP contribution in [0.5, 0.6) is 0 Å². The molecule has 5 nitrogen and oxygen atoms in total. The van der Waals surface area contributed by atoms with Gasteiger partial charge in [0, 0.05) is 24.7 Å². The van der Waals surface area contributed by atoms with E-state index in [1.807, 2.05) is 25.1 Å². The van der Waals surface area contributed by atoms with Crippen molar-refractivity contribution >= 4 is 17.4 Å². The van der Waals surface area contributed by atoms with Crippen LogP contribution in [0.3, 0.4) is 0 Å². The Hall–Kier alpha value is -2.94. The van der Waals surface area contributed by atoms with Crippen LogP contribution in [0.15, 0.2) is 36.5 Å². The largest absolute Gasteiger partial charge is 0.384 e. The smallest absolute Gasteiger partial charge is 0.226 e. The van der Waals surface area contributed by atoms with Crippen molar-refractivity contribution in [2.24, 2.45) is 5.92 Å². The predicted molar refractivity (Wildman–Crippen MR) is 95.5 cm³/mol. The average Bonchev–Trinajstić information content (AvgIpc) is 2.55. The first-order valence-electron chi connectivity index (χ1n) is 7.98. The van der Waals surface area contributed by atoms with Crippen molar-refractivity contribution in [1.29, 1.82) is 5.26 Å². The van der Waals surface area contributed by atoms with Crippen molar-refractivity contribution in [3.05, 3.63) is 53.2 Å². The average molecular weight is 340 g/mol. The molecule has 2 N–H and O–H groups in total. The molecule has 2 heterocycles. The van der Waals surface area contributed by atoms with Gasteiger partial charge in [0.2, 0.25) is 5.91 Å². The van der Waals surface area contributed by atoms with Crippen molar-refractivity contribution in [3.63, 3.8) is 0 Å². The number of carbonyl (C=O) groups excluding carboxylic acids is 1. The van der Waals surface area contributed by atoms with Gasteiger partial charge in [0.25, 0.3) is 0 Å². The van der Waals surface area contributed by atoms with E-state index in [0.717, 1.165) is 11.1 Å². The first-order chi connectivity index (χ1) is 11.8. The van der Waals surface area contributed by atoms with Gasteiger partial charge < -0.3 is 5.73 Å². The lowest BCUT2D eigenvalue weighted by Gasteiger charge is -2.35. The first-order valence-corrected chi connectivity index (χ1v) is 7.98. The van der Waals surface area contributed by atoms with Crippen molar-refractivity contribution in [1.82, 2.24) is 4.98 Å². The van der Waals surface area contributed by atoms with Gasteiger partial charge in [0.05, 0.1) is 11.6 Å². The van der Waals surface area contributed by atoms with E-state index in [-0.39, 0.29) is 11.8 Å². The lowest BCUT2D eigenvalue weighted by molar-refractivity contribution is -0.118. The Morgan fingerprint density at radius 2 is 2.12 bits per heavy atom. The molecule has 2 aromatic rings. The third-order valence-electron chi connectivity index (χ3n) is 4.00. The van der Waals surface area contributed by atoms with Crippen LogP contribution in [0.4, 0.5) is 15.9 Å². The molecule has 25 heavy (non-hydrogen) atoms. The molecule has 0 saturated carbocycles. The summed E-state index contributed by atoms with van der Waals surface area (Å²) < 4.78 is 14.0. The Kier molecular flexibility index (Phi) is 5.71. The highest BCUT2D eigenvalue weighted by atomic mass is 19.1. The lowest BCUT2D eigenvalue weighted by atomic mass is 9.91. The van der Waals surface area contributed by atoms with E-state index in [9.17, 15) is 9.18 Å². The van der Waals surface area contributed by atoms with Gasteiger partial charge in [-0.1, -0.05) is 6.92 Å². The molecule has 0 aliphatic carbocycles. The molecule has 0 spiro atoms. The summed E-state index contributed by atoms with van der Waals surface area (Å²) in [5.74, 6) is 0.0281. The maximum Gasteiger partial charge on any atom is 0.226 e. The van der Waals surface area contributed by atoms with E-state index in [2.05, 4.69) is 4.98 Å². The Labute approximate surface area is 146 Å². The van der Waals surface area contributed by atoms with Crippen LogP contribution in [0.1, 0.15) is 30.5 Å². The maximum atomic E-state index is 14.0. The molecule has 0 saturated heterocycles. The van der Waals surface area contributed by atoms with Crippen LogP contribution in [0.25, 0.3) is 0 Å². The molecular formula is C19H21FN4O. The summed E-state index contributed by atoms with van der Waals surface area (Å²) in [6, 6.07) is 10.8. The van der Waals surface area contributed by atoms with Crippen LogP contribution >= 0.6 is 0 Å². The first kappa shape index (κ1) is 18.4. The lowest BCUT2D eigenvalue weighted by Crippen LogP contribution is -2.44. The van der Waals surface area contributed by atoms with Gasteiger partial charge in [-0.3, -0.25) is 9.69 Å². The van der Waals surface area contributed by atoms with E-state index in [1.54, 1.807) is 31.3 Å². The van der Waals surface area contributed by atoms with Crippen LogP contribution in [0.2, 0.25) is 0 Å². The molecule has 3 rings (SSSR count). The number of nitrogen functional groups attached to an aromatic ring is 1. The number of carbonyl (C=O) groups is 1. The van der Waals surface area contributed by atoms with Crippen molar-refractivity contribution < 1.29 is 9.18 Å². The number of fused-ring (bicyclic) bond motifs is 1. The normalized spacial score (nSPS) is 18.4. The SMILES string of the molecule is CC(=O)N1c2ccc(C#N)cc2CC(C)[C@@H]1F.Cc1ccnc(N)c1. The number of nitrogens with zero attached hydrogens (tertiary/aromatic N) is 3. The van der Waals surface area contributed by atoms with Gasteiger partial charge >= 0.3 is 0 Å². The van der Waals surface area contributed by atoms with Gasteiger partial charge in [-0.25, -0.2) is 9.37 Å². The minimum atomic E-state index is -1.28. The summed E-state index contributed by atoms with van der Waals surface area (Å²) in [6.45, 7) is 5.10. The van der Waals surface area contributed by atoms with Gasteiger partial charge in [-0.15, -0.1) is 0 Å². The van der Waals surface area contributed by atoms with Gasteiger partial charge in [-0.05, 0) is 54.8 Å². The molecule has 0 radical (unpaired) electrons. The second-order valence-electron chi connectivity index (χ2n) is 6.16. The fourth-order valence-electron chi connectivity index (χ4n) is 2.79. The zero-order valence-corrected chi connectivity index (χ0v) is 14.5. The van der Waals surface area contributed by atoms with E-state index in [0.29, 0.717) is 23.5 Å². The van der Waals surface area contributed by atoms with Crippen LogP contribution in [0, 0.1) is 24.2 Å². The Morgan fingerprint density at radius 1 is 1.40 bits per heavy atom. The maximum absolute atomic E-state index is 14.0. The number of pyridine rings is 1. The zero-order chi connectivity index (χ0) is 18.6. The third kappa shape index (κ3) is 4.32. The quantitative estimate of drug-likeness (QED) is 0.745. The Bertz CT molecular complexity index is 798. The Morgan fingerprint density at radius 3 is 2.64 bits per heavy atom. The third-order valence-corrected chi connectivity index (χ3v) is 4.00. The molecule has 1 amide bonds. The number of nitriles is 1. The summed E-state index contributed by atoms with van der Waals surface area (Å²) in [4.78, 5) is 16.5. The van der Waals surface area contributed by atoms with Crippen molar-refractivity contribution in [2.45, 2.75) is 33.5 Å². The number of aryl methyl sites for hydroxylation is 1.